The fourth-order valence-corrected chi connectivity index (χ4v) is 4.66. The molecular weight excluding hydrogens is 458 g/mol. The summed E-state index contributed by atoms with van der Waals surface area (Å²) in [5.74, 6) is 1.22. The van der Waals surface area contributed by atoms with Crippen molar-refractivity contribution in [1.82, 2.24) is 20.0 Å². The first-order valence-electron chi connectivity index (χ1n) is 10.5. The van der Waals surface area contributed by atoms with Gasteiger partial charge in [0.1, 0.15) is 0 Å². The lowest BCUT2D eigenvalue weighted by Gasteiger charge is -2.23. The molecule has 2 aromatic carbocycles. The smallest absolute Gasteiger partial charge is 0.229 e. The SMILES string of the molecule is Cl.N=C(N)N1CCC[C@H]1Cc1nc(-c2ccc(Nc3nc(-c4ccccc4)cs3)cc2)no1. The molecule has 170 valence electrons. The van der Waals surface area contributed by atoms with Crippen molar-refractivity contribution in [2.75, 3.05) is 11.9 Å². The van der Waals surface area contributed by atoms with Crippen molar-refractivity contribution in [3.8, 4) is 22.6 Å². The summed E-state index contributed by atoms with van der Waals surface area (Å²) in [5, 5.41) is 18.1. The Morgan fingerprint density at radius 3 is 2.67 bits per heavy atom. The van der Waals surface area contributed by atoms with Gasteiger partial charge in [0.15, 0.2) is 11.1 Å². The molecule has 1 aliphatic rings. The lowest BCUT2D eigenvalue weighted by atomic mass is 10.1. The summed E-state index contributed by atoms with van der Waals surface area (Å²) >= 11 is 1.57. The van der Waals surface area contributed by atoms with Crippen LogP contribution in [0.25, 0.3) is 22.6 Å². The third-order valence-corrected chi connectivity index (χ3v) is 6.29. The zero-order valence-electron chi connectivity index (χ0n) is 17.8. The van der Waals surface area contributed by atoms with Gasteiger partial charge in [-0.1, -0.05) is 35.5 Å². The highest BCUT2D eigenvalue weighted by Crippen LogP contribution is 2.28. The Balaban J connectivity index is 0.00000259. The first-order chi connectivity index (χ1) is 15.7. The fraction of sp³-hybridized carbons (Fsp3) is 0.217. The van der Waals surface area contributed by atoms with E-state index in [9.17, 15) is 0 Å². The van der Waals surface area contributed by atoms with Crippen LogP contribution >= 0.6 is 23.7 Å². The van der Waals surface area contributed by atoms with Gasteiger partial charge in [-0.3, -0.25) is 5.41 Å². The molecule has 0 radical (unpaired) electrons. The number of halogens is 1. The van der Waals surface area contributed by atoms with Crippen LogP contribution < -0.4 is 11.1 Å². The van der Waals surface area contributed by atoms with Crippen molar-refractivity contribution < 1.29 is 4.52 Å². The Kier molecular flexibility index (Phi) is 6.90. The van der Waals surface area contributed by atoms with E-state index >= 15 is 0 Å². The number of likely N-dealkylation sites (tertiary alicyclic amines) is 1. The zero-order valence-corrected chi connectivity index (χ0v) is 19.4. The number of thiazole rings is 1. The maximum Gasteiger partial charge on any atom is 0.229 e. The summed E-state index contributed by atoms with van der Waals surface area (Å²) in [7, 11) is 0. The largest absolute Gasteiger partial charge is 0.370 e. The molecule has 1 saturated heterocycles. The van der Waals surface area contributed by atoms with Gasteiger partial charge >= 0.3 is 0 Å². The number of nitrogens with two attached hydrogens (primary N) is 1. The van der Waals surface area contributed by atoms with E-state index in [2.05, 4.69) is 32.6 Å². The number of anilines is 2. The number of nitrogens with zero attached hydrogens (tertiary/aromatic N) is 4. The molecule has 0 spiro atoms. The van der Waals surface area contributed by atoms with Crippen molar-refractivity contribution in [2.45, 2.75) is 25.3 Å². The van der Waals surface area contributed by atoms with Crippen molar-refractivity contribution in [1.29, 1.82) is 5.41 Å². The molecule has 1 aliphatic heterocycles. The monoisotopic (exact) mass is 481 g/mol. The maximum atomic E-state index is 7.70. The fourth-order valence-electron chi connectivity index (χ4n) is 3.92. The molecule has 1 atom stereocenters. The molecule has 10 heteroatoms. The topological polar surface area (TPSA) is 117 Å². The van der Waals surface area contributed by atoms with Gasteiger partial charge in [0.05, 0.1) is 5.69 Å². The summed E-state index contributed by atoms with van der Waals surface area (Å²) in [5.41, 5.74) is 9.55. The summed E-state index contributed by atoms with van der Waals surface area (Å²) in [6.07, 6.45) is 2.59. The molecule has 4 aromatic rings. The van der Waals surface area contributed by atoms with Gasteiger partial charge in [-0.25, -0.2) is 4.98 Å². The van der Waals surface area contributed by atoms with Gasteiger partial charge in [-0.2, -0.15) is 4.98 Å². The van der Waals surface area contributed by atoms with Gasteiger partial charge in [-0.15, -0.1) is 23.7 Å². The summed E-state index contributed by atoms with van der Waals surface area (Å²) in [4.78, 5) is 11.1. The predicted molar refractivity (Wildman–Crippen MR) is 133 cm³/mol. The molecular formula is C23H24ClN7OS. The molecule has 2 aromatic heterocycles. The van der Waals surface area contributed by atoms with E-state index in [0.29, 0.717) is 18.1 Å². The second-order valence-electron chi connectivity index (χ2n) is 7.70. The number of hydrogen-bond donors (Lipinski definition) is 3. The Morgan fingerprint density at radius 2 is 1.91 bits per heavy atom. The van der Waals surface area contributed by atoms with Crippen LogP contribution in [0.2, 0.25) is 0 Å². The van der Waals surface area contributed by atoms with Gasteiger partial charge in [0, 0.05) is 41.2 Å². The standard InChI is InChI=1S/C23H23N7OS.ClH/c24-22(25)30-12-4-7-18(30)13-20-28-21(29-31-20)16-8-10-17(11-9-16)26-23-27-19(14-32-23)15-5-2-1-3-6-15;/h1-3,5-6,8-11,14,18H,4,7,12-13H2,(H3,24,25)(H,26,27);1H/t18-;/m0./s1. The van der Waals surface area contributed by atoms with E-state index in [0.717, 1.165) is 47.0 Å². The van der Waals surface area contributed by atoms with Crippen molar-refractivity contribution in [3.05, 3.63) is 65.9 Å². The van der Waals surface area contributed by atoms with Gasteiger partial charge in [0.25, 0.3) is 0 Å². The number of nitrogens with one attached hydrogen (secondary N) is 2. The Labute approximate surface area is 201 Å². The van der Waals surface area contributed by atoms with Gasteiger partial charge < -0.3 is 20.5 Å². The first-order valence-corrected chi connectivity index (χ1v) is 11.4. The van der Waals surface area contributed by atoms with Gasteiger partial charge in [-0.05, 0) is 37.1 Å². The molecule has 0 amide bonds. The number of benzene rings is 2. The Hall–Kier alpha value is -3.43. The molecule has 1 fully saturated rings. The average Bonchev–Trinajstić information content (AvgIpc) is 3.57. The minimum absolute atomic E-state index is 0. The third-order valence-electron chi connectivity index (χ3n) is 5.53. The number of guanidine groups is 1. The number of hydrogen-bond acceptors (Lipinski definition) is 7. The van der Waals surface area contributed by atoms with Crippen LogP contribution in [-0.4, -0.2) is 38.6 Å². The molecule has 4 N–H and O–H groups in total. The number of rotatable bonds is 6. The summed E-state index contributed by atoms with van der Waals surface area (Å²) in [6.45, 7) is 0.807. The molecule has 0 unspecified atom stereocenters. The van der Waals surface area contributed by atoms with Crippen LogP contribution in [0.1, 0.15) is 18.7 Å². The lowest BCUT2D eigenvalue weighted by molar-refractivity contribution is 0.320. The highest BCUT2D eigenvalue weighted by Gasteiger charge is 2.27. The van der Waals surface area contributed by atoms with Crippen molar-refractivity contribution >= 4 is 40.5 Å². The van der Waals surface area contributed by atoms with E-state index in [4.69, 9.17) is 15.7 Å². The van der Waals surface area contributed by atoms with Crippen LogP contribution in [0.5, 0.6) is 0 Å². The van der Waals surface area contributed by atoms with E-state index in [-0.39, 0.29) is 24.4 Å². The van der Waals surface area contributed by atoms with E-state index in [1.165, 1.54) is 0 Å². The number of aromatic nitrogens is 3. The Bertz CT molecular complexity index is 1210. The van der Waals surface area contributed by atoms with Crippen molar-refractivity contribution in [2.24, 2.45) is 5.73 Å². The molecule has 0 bridgehead atoms. The highest BCUT2D eigenvalue weighted by atomic mass is 35.5. The maximum absolute atomic E-state index is 7.70. The van der Waals surface area contributed by atoms with Crippen LogP contribution in [0.4, 0.5) is 10.8 Å². The molecule has 0 saturated carbocycles. The lowest BCUT2D eigenvalue weighted by Crippen LogP contribution is -2.41. The average molecular weight is 482 g/mol. The minimum Gasteiger partial charge on any atom is -0.370 e. The second-order valence-corrected chi connectivity index (χ2v) is 8.55. The highest BCUT2D eigenvalue weighted by molar-refractivity contribution is 7.14. The molecule has 8 nitrogen and oxygen atoms in total. The normalized spacial score (nSPS) is 15.3. The summed E-state index contributed by atoms with van der Waals surface area (Å²) < 4.78 is 5.46. The third kappa shape index (κ3) is 5.15. The predicted octanol–water partition coefficient (Wildman–Crippen LogP) is 4.93. The van der Waals surface area contributed by atoms with Crippen LogP contribution in [0.15, 0.2) is 64.5 Å². The van der Waals surface area contributed by atoms with E-state index in [1.807, 2.05) is 52.7 Å². The molecule has 33 heavy (non-hydrogen) atoms. The van der Waals surface area contributed by atoms with E-state index < -0.39 is 0 Å². The minimum atomic E-state index is 0. The molecule has 5 rings (SSSR count). The second kappa shape index (κ2) is 10.0. The van der Waals surface area contributed by atoms with Crippen molar-refractivity contribution in [3.63, 3.8) is 0 Å². The quantitative estimate of drug-likeness (QED) is 0.264. The van der Waals surface area contributed by atoms with Gasteiger partial charge in [0.2, 0.25) is 11.7 Å². The Morgan fingerprint density at radius 1 is 1.12 bits per heavy atom. The summed E-state index contributed by atoms with van der Waals surface area (Å²) in [6, 6.07) is 18.1. The van der Waals surface area contributed by atoms with Crippen LogP contribution in [0, 0.1) is 5.41 Å². The molecule has 3 heterocycles. The van der Waals surface area contributed by atoms with E-state index in [1.54, 1.807) is 11.3 Å². The molecule has 0 aliphatic carbocycles. The van der Waals surface area contributed by atoms with Crippen LogP contribution in [0.3, 0.4) is 0 Å². The first kappa shape index (κ1) is 22.8. The van der Waals surface area contributed by atoms with Crippen LogP contribution in [-0.2, 0) is 6.42 Å². The zero-order chi connectivity index (χ0) is 21.9.